The zero-order valence-corrected chi connectivity index (χ0v) is 13.3. The number of nitrogens with one attached hydrogen (secondary N) is 1. The molecular weight excluding hydrogens is 264 g/mol. The van der Waals surface area contributed by atoms with Crippen molar-refractivity contribution >= 4 is 6.03 Å². The van der Waals surface area contributed by atoms with E-state index in [4.69, 9.17) is 4.74 Å². The van der Waals surface area contributed by atoms with Crippen LogP contribution in [0.3, 0.4) is 0 Å². The fourth-order valence-corrected chi connectivity index (χ4v) is 2.68. The smallest absolute Gasteiger partial charge is 0.317 e. The first kappa shape index (κ1) is 15.7. The summed E-state index contributed by atoms with van der Waals surface area (Å²) in [4.78, 5) is 14.1. The molecule has 1 aliphatic rings. The molecule has 2 amide bonds. The minimum absolute atomic E-state index is 0.0286. The molecule has 1 aliphatic heterocycles. The predicted molar refractivity (Wildman–Crippen MR) is 84.4 cm³/mol. The fourth-order valence-electron chi connectivity index (χ4n) is 2.68. The maximum Gasteiger partial charge on any atom is 0.317 e. The number of urea groups is 1. The van der Waals surface area contributed by atoms with Crippen molar-refractivity contribution in [3.63, 3.8) is 0 Å². The zero-order valence-electron chi connectivity index (χ0n) is 13.3. The first-order valence-electron chi connectivity index (χ1n) is 7.83. The second-order valence-corrected chi connectivity index (χ2v) is 6.13. The summed E-state index contributed by atoms with van der Waals surface area (Å²) in [6.45, 7) is 8.43. The summed E-state index contributed by atoms with van der Waals surface area (Å²) in [5, 5.41) is 3.01. The number of carbonyl (C=O) groups is 1. The van der Waals surface area contributed by atoms with Gasteiger partial charge in [0.15, 0.2) is 0 Å². The first-order valence-corrected chi connectivity index (χ1v) is 7.83. The number of rotatable bonds is 4. The SMILES string of the molecule is CC1CCCN(C(=O)NCc2ccccc2OC(C)C)C1. The Morgan fingerprint density at radius 3 is 2.90 bits per heavy atom. The molecule has 1 unspecified atom stereocenters. The van der Waals surface area contributed by atoms with Crippen molar-refractivity contribution in [2.24, 2.45) is 5.92 Å². The second kappa shape index (κ2) is 7.34. The molecule has 1 atom stereocenters. The number of hydrogen-bond acceptors (Lipinski definition) is 2. The molecule has 116 valence electrons. The van der Waals surface area contributed by atoms with E-state index in [9.17, 15) is 4.79 Å². The number of carbonyl (C=O) groups excluding carboxylic acids is 1. The van der Waals surface area contributed by atoms with Crippen LogP contribution >= 0.6 is 0 Å². The van der Waals surface area contributed by atoms with Gasteiger partial charge in [0.05, 0.1) is 6.10 Å². The van der Waals surface area contributed by atoms with Crippen molar-refractivity contribution < 1.29 is 9.53 Å². The highest BCUT2D eigenvalue weighted by atomic mass is 16.5. The summed E-state index contributed by atoms with van der Waals surface area (Å²) in [7, 11) is 0. The fraction of sp³-hybridized carbons (Fsp3) is 0.588. The molecule has 0 radical (unpaired) electrons. The molecule has 1 N–H and O–H groups in total. The number of likely N-dealkylation sites (tertiary alicyclic amines) is 1. The molecule has 0 saturated carbocycles. The number of hydrogen-bond donors (Lipinski definition) is 1. The van der Waals surface area contributed by atoms with Gasteiger partial charge in [-0.3, -0.25) is 0 Å². The lowest BCUT2D eigenvalue weighted by Crippen LogP contribution is -2.44. The third kappa shape index (κ3) is 4.66. The number of ether oxygens (including phenoxy) is 1. The minimum Gasteiger partial charge on any atom is -0.491 e. The van der Waals surface area contributed by atoms with E-state index < -0.39 is 0 Å². The molecule has 1 aromatic carbocycles. The van der Waals surface area contributed by atoms with Gasteiger partial charge < -0.3 is 15.0 Å². The van der Waals surface area contributed by atoms with Gasteiger partial charge in [-0.15, -0.1) is 0 Å². The molecule has 1 heterocycles. The molecule has 0 aromatic heterocycles. The Labute approximate surface area is 127 Å². The highest BCUT2D eigenvalue weighted by molar-refractivity contribution is 5.74. The maximum absolute atomic E-state index is 12.2. The van der Waals surface area contributed by atoms with Crippen LogP contribution in [0.4, 0.5) is 4.79 Å². The standard InChI is InChI=1S/C17H26N2O2/c1-13(2)21-16-9-5-4-8-15(16)11-18-17(20)19-10-6-7-14(3)12-19/h4-5,8-9,13-14H,6-7,10-12H2,1-3H3,(H,18,20). The van der Waals surface area contributed by atoms with Crippen molar-refractivity contribution in [3.8, 4) is 5.75 Å². The molecule has 1 fully saturated rings. The van der Waals surface area contributed by atoms with E-state index in [2.05, 4.69) is 12.2 Å². The first-order chi connectivity index (χ1) is 10.1. The molecule has 1 aromatic rings. The number of para-hydroxylation sites is 1. The molecule has 1 saturated heterocycles. The molecule has 0 bridgehead atoms. The van der Waals surface area contributed by atoms with Crippen LogP contribution in [0.25, 0.3) is 0 Å². The molecule has 21 heavy (non-hydrogen) atoms. The van der Waals surface area contributed by atoms with Crippen molar-refractivity contribution in [3.05, 3.63) is 29.8 Å². The van der Waals surface area contributed by atoms with Gasteiger partial charge in [-0.25, -0.2) is 4.79 Å². The van der Waals surface area contributed by atoms with E-state index >= 15 is 0 Å². The quantitative estimate of drug-likeness (QED) is 0.923. The van der Waals surface area contributed by atoms with Gasteiger partial charge in [-0.1, -0.05) is 25.1 Å². The number of piperidine rings is 1. The largest absolute Gasteiger partial charge is 0.491 e. The molecule has 0 spiro atoms. The monoisotopic (exact) mass is 290 g/mol. The van der Waals surface area contributed by atoms with Crippen LogP contribution < -0.4 is 10.1 Å². The lowest BCUT2D eigenvalue weighted by Gasteiger charge is -2.31. The number of benzene rings is 1. The number of amides is 2. The van der Waals surface area contributed by atoms with Gasteiger partial charge in [0.2, 0.25) is 0 Å². The molecule has 2 rings (SSSR count). The summed E-state index contributed by atoms with van der Waals surface area (Å²) in [5.74, 6) is 1.45. The van der Waals surface area contributed by atoms with Crippen LogP contribution in [-0.2, 0) is 6.54 Å². The highest BCUT2D eigenvalue weighted by Crippen LogP contribution is 2.20. The van der Waals surface area contributed by atoms with E-state index in [0.717, 1.165) is 30.8 Å². The third-order valence-corrected chi connectivity index (χ3v) is 3.71. The summed E-state index contributed by atoms with van der Waals surface area (Å²) < 4.78 is 5.78. The van der Waals surface area contributed by atoms with Crippen LogP contribution in [0, 0.1) is 5.92 Å². The maximum atomic E-state index is 12.2. The Balaban J connectivity index is 1.91. The van der Waals surface area contributed by atoms with Crippen LogP contribution in [0.1, 0.15) is 39.2 Å². The lowest BCUT2D eigenvalue weighted by molar-refractivity contribution is 0.169. The van der Waals surface area contributed by atoms with Crippen LogP contribution in [0.2, 0.25) is 0 Å². The average molecular weight is 290 g/mol. The van der Waals surface area contributed by atoms with Crippen LogP contribution in [0.15, 0.2) is 24.3 Å². The Morgan fingerprint density at radius 1 is 1.43 bits per heavy atom. The summed E-state index contributed by atoms with van der Waals surface area (Å²) in [6.07, 6.45) is 2.45. The lowest BCUT2D eigenvalue weighted by atomic mass is 10.0. The molecular formula is C17H26N2O2. The normalized spacial score (nSPS) is 18.7. The van der Waals surface area contributed by atoms with E-state index in [-0.39, 0.29) is 12.1 Å². The minimum atomic E-state index is 0.0286. The Hall–Kier alpha value is -1.71. The van der Waals surface area contributed by atoms with Crippen LogP contribution in [0.5, 0.6) is 5.75 Å². The third-order valence-electron chi connectivity index (χ3n) is 3.71. The van der Waals surface area contributed by atoms with E-state index in [1.807, 2.05) is 43.0 Å². The summed E-state index contributed by atoms with van der Waals surface area (Å²) >= 11 is 0. The van der Waals surface area contributed by atoms with Crippen LogP contribution in [-0.4, -0.2) is 30.1 Å². The highest BCUT2D eigenvalue weighted by Gasteiger charge is 2.20. The molecule has 4 heteroatoms. The topological polar surface area (TPSA) is 41.6 Å². The van der Waals surface area contributed by atoms with Crippen molar-refractivity contribution in [1.82, 2.24) is 10.2 Å². The van der Waals surface area contributed by atoms with Crippen molar-refractivity contribution in [2.75, 3.05) is 13.1 Å². The van der Waals surface area contributed by atoms with Crippen molar-refractivity contribution in [1.29, 1.82) is 0 Å². The van der Waals surface area contributed by atoms with Crippen molar-refractivity contribution in [2.45, 2.75) is 46.3 Å². The molecule has 0 aliphatic carbocycles. The second-order valence-electron chi connectivity index (χ2n) is 6.13. The van der Waals surface area contributed by atoms with Gasteiger partial charge in [0, 0.05) is 25.2 Å². The Morgan fingerprint density at radius 2 is 2.19 bits per heavy atom. The van der Waals surface area contributed by atoms with E-state index in [0.29, 0.717) is 12.5 Å². The van der Waals surface area contributed by atoms with Gasteiger partial charge in [-0.05, 0) is 38.7 Å². The van der Waals surface area contributed by atoms with Gasteiger partial charge in [0.1, 0.15) is 5.75 Å². The zero-order chi connectivity index (χ0) is 15.2. The average Bonchev–Trinajstić information content (AvgIpc) is 2.45. The summed E-state index contributed by atoms with van der Waals surface area (Å²) in [5.41, 5.74) is 1.02. The van der Waals surface area contributed by atoms with Gasteiger partial charge in [0.25, 0.3) is 0 Å². The summed E-state index contributed by atoms with van der Waals surface area (Å²) in [6, 6.07) is 7.90. The predicted octanol–water partition coefficient (Wildman–Crippen LogP) is 3.42. The number of nitrogens with zero attached hydrogens (tertiary/aromatic N) is 1. The van der Waals surface area contributed by atoms with Gasteiger partial charge in [-0.2, -0.15) is 0 Å². The van der Waals surface area contributed by atoms with E-state index in [1.54, 1.807) is 0 Å². The van der Waals surface area contributed by atoms with E-state index in [1.165, 1.54) is 6.42 Å². The molecule has 4 nitrogen and oxygen atoms in total. The Kier molecular flexibility index (Phi) is 5.48. The van der Waals surface area contributed by atoms with Gasteiger partial charge >= 0.3 is 6.03 Å². The Bertz CT molecular complexity index is 474.